The van der Waals surface area contributed by atoms with Crippen LogP contribution in [0, 0.1) is 0 Å². The molecule has 9 heteroatoms. The molecule has 3 aromatic carbocycles. The van der Waals surface area contributed by atoms with Crippen LogP contribution in [0.3, 0.4) is 0 Å². The van der Waals surface area contributed by atoms with Crippen molar-refractivity contribution in [1.29, 1.82) is 0 Å². The highest BCUT2D eigenvalue weighted by atomic mass is 35.5. The van der Waals surface area contributed by atoms with Gasteiger partial charge < -0.3 is 16.0 Å². The molecule has 7 nitrogen and oxygen atoms in total. The summed E-state index contributed by atoms with van der Waals surface area (Å²) in [6, 6.07) is 18.8. The van der Waals surface area contributed by atoms with Gasteiger partial charge in [-0.25, -0.2) is 4.79 Å². The van der Waals surface area contributed by atoms with Gasteiger partial charge >= 0.3 is 6.03 Å². The number of anilines is 2. The monoisotopic (exact) mass is 495 g/mol. The van der Waals surface area contributed by atoms with Gasteiger partial charge in [0.2, 0.25) is 0 Å². The van der Waals surface area contributed by atoms with Crippen molar-refractivity contribution in [2.75, 3.05) is 30.4 Å². The summed E-state index contributed by atoms with van der Waals surface area (Å²) in [6.07, 6.45) is 0. The zero-order valence-electron chi connectivity index (χ0n) is 18.4. The average Bonchev–Trinajstić information content (AvgIpc) is 3.24. The molecule has 1 atom stereocenters. The van der Waals surface area contributed by atoms with Crippen molar-refractivity contribution in [3.63, 3.8) is 0 Å². The average molecular weight is 496 g/mol. The third-order valence-corrected chi connectivity index (χ3v) is 5.97. The summed E-state index contributed by atoms with van der Waals surface area (Å²) in [6.45, 7) is 1.64. The Morgan fingerprint density at radius 3 is 2.32 bits per heavy atom. The summed E-state index contributed by atoms with van der Waals surface area (Å²) >= 11 is 12.2. The van der Waals surface area contributed by atoms with Gasteiger partial charge in [-0.2, -0.15) is 0 Å². The van der Waals surface area contributed by atoms with Gasteiger partial charge in [0.05, 0.1) is 6.54 Å². The lowest BCUT2D eigenvalue weighted by atomic mass is 10.0. The van der Waals surface area contributed by atoms with E-state index in [-0.39, 0.29) is 0 Å². The quantitative estimate of drug-likeness (QED) is 0.506. The van der Waals surface area contributed by atoms with Crippen LogP contribution in [-0.2, 0) is 4.79 Å². The lowest BCUT2D eigenvalue weighted by molar-refractivity contribution is -0.117. The van der Waals surface area contributed by atoms with Crippen LogP contribution in [0.15, 0.2) is 77.8 Å². The topological polar surface area (TPSA) is 91.0 Å². The molecule has 1 unspecified atom stereocenters. The second-order valence-corrected chi connectivity index (χ2v) is 8.71. The number of carbonyl (C=O) groups is 2. The number of rotatable bonds is 6. The van der Waals surface area contributed by atoms with Crippen LogP contribution in [-0.4, -0.2) is 42.8 Å². The van der Waals surface area contributed by atoms with E-state index in [2.05, 4.69) is 15.2 Å². The van der Waals surface area contributed by atoms with Crippen molar-refractivity contribution in [3.8, 4) is 0 Å². The van der Waals surface area contributed by atoms with E-state index in [1.807, 2.05) is 19.2 Å². The first-order valence-electron chi connectivity index (χ1n) is 10.6. The molecule has 3 N–H and O–H groups in total. The molecule has 3 aromatic rings. The van der Waals surface area contributed by atoms with Crippen LogP contribution < -0.4 is 16.0 Å². The van der Waals surface area contributed by atoms with Crippen LogP contribution in [0.1, 0.15) is 17.2 Å². The van der Waals surface area contributed by atoms with E-state index in [0.29, 0.717) is 27.0 Å². The largest absolute Gasteiger partial charge is 0.358 e. The molecule has 0 fully saturated rings. The number of urea groups is 1. The number of carbonyl (C=O) groups excluding carboxylic acids is 2. The number of benzene rings is 3. The Bertz CT molecular complexity index is 1230. The van der Waals surface area contributed by atoms with E-state index in [1.54, 1.807) is 60.7 Å². The number of nitrogens with zero attached hydrogens (tertiary/aromatic N) is 3. The van der Waals surface area contributed by atoms with E-state index in [1.165, 1.54) is 4.90 Å². The van der Waals surface area contributed by atoms with Gasteiger partial charge in [0.1, 0.15) is 11.9 Å². The van der Waals surface area contributed by atoms with Gasteiger partial charge in [-0.05, 0) is 66.2 Å². The Labute approximate surface area is 207 Å². The maximum atomic E-state index is 13.5. The van der Waals surface area contributed by atoms with Crippen LogP contribution in [0.4, 0.5) is 16.2 Å². The maximum Gasteiger partial charge on any atom is 0.320 e. The van der Waals surface area contributed by atoms with Crippen LogP contribution >= 0.6 is 23.2 Å². The molecule has 4 rings (SSSR count). The maximum absolute atomic E-state index is 13.5. The number of nitrogens with one attached hydrogen (secondary N) is 1. The normalized spacial score (nSPS) is 13.9. The smallest absolute Gasteiger partial charge is 0.320 e. The Morgan fingerprint density at radius 2 is 1.74 bits per heavy atom. The number of likely N-dealkylation sites (N-methyl/N-ethyl adjacent to an activating group) is 1. The lowest BCUT2D eigenvalue weighted by Crippen LogP contribution is -2.44. The first kappa shape index (κ1) is 23.6. The molecule has 0 radical (unpaired) electrons. The van der Waals surface area contributed by atoms with Crippen molar-refractivity contribution >= 4 is 52.4 Å². The number of hydrogen-bond acceptors (Lipinski definition) is 4. The first-order valence-corrected chi connectivity index (χ1v) is 11.4. The van der Waals surface area contributed by atoms with Crippen molar-refractivity contribution in [2.45, 2.75) is 6.04 Å². The molecule has 1 heterocycles. The highest BCUT2D eigenvalue weighted by Crippen LogP contribution is 2.31. The fraction of sp³-hybridized carbons (Fsp3) is 0.160. The predicted molar refractivity (Wildman–Crippen MR) is 137 cm³/mol. The summed E-state index contributed by atoms with van der Waals surface area (Å²) in [5.41, 5.74) is 8.21. The fourth-order valence-corrected chi connectivity index (χ4v) is 4.18. The number of amides is 3. The summed E-state index contributed by atoms with van der Waals surface area (Å²) in [7, 11) is 1.99. The zero-order chi connectivity index (χ0) is 24.2. The van der Waals surface area contributed by atoms with Crippen molar-refractivity contribution in [3.05, 3.63) is 94.0 Å². The van der Waals surface area contributed by atoms with Gasteiger partial charge in [0.15, 0.2) is 0 Å². The number of halogens is 2. The standard InChI is InChI=1S/C25H23Cl2N5O2/c1-31-14-13-29-23(31)16-5-9-20(10-6-16)30-24(33)22(17-3-2-4-19(27)15-17)32(25(28)34)21-11-7-18(26)8-12-21/h2-12,15,22H,13-14H2,1H3,(H2,28,34)(H,30,33). The highest BCUT2D eigenvalue weighted by Gasteiger charge is 2.32. The Kier molecular flexibility index (Phi) is 7.05. The lowest BCUT2D eigenvalue weighted by Gasteiger charge is -2.30. The molecular formula is C25H23Cl2N5O2. The van der Waals surface area contributed by atoms with Crippen LogP contribution in [0.2, 0.25) is 10.0 Å². The molecule has 0 bridgehead atoms. The minimum Gasteiger partial charge on any atom is -0.358 e. The van der Waals surface area contributed by atoms with Gasteiger partial charge in [-0.3, -0.25) is 14.7 Å². The number of primary amides is 1. The van der Waals surface area contributed by atoms with Gasteiger partial charge in [-0.1, -0.05) is 35.3 Å². The fourth-order valence-electron chi connectivity index (χ4n) is 3.86. The van der Waals surface area contributed by atoms with Crippen molar-refractivity contribution in [2.24, 2.45) is 10.7 Å². The number of nitrogens with two attached hydrogens (primary N) is 1. The summed E-state index contributed by atoms with van der Waals surface area (Å²) in [5, 5.41) is 3.82. The van der Waals surface area contributed by atoms with Gasteiger partial charge in [0, 0.05) is 40.6 Å². The molecule has 174 valence electrons. The molecule has 0 aromatic heterocycles. The molecule has 1 aliphatic rings. The Hall–Kier alpha value is -3.55. The summed E-state index contributed by atoms with van der Waals surface area (Å²) in [4.78, 5) is 33.9. The predicted octanol–water partition coefficient (Wildman–Crippen LogP) is 4.95. The van der Waals surface area contributed by atoms with E-state index >= 15 is 0 Å². The minimum absolute atomic E-state index is 0.426. The number of hydrogen-bond donors (Lipinski definition) is 2. The molecule has 1 aliphatic heterocycles. The van der Waals surface area contributed by atoms with E-state index in [0.717, 1.165) is 24.5 Å². The van der Waals surface area contributed by atoms with Gasteiger partial charge in [0.25, 0.3) is 5.91 Å². The molecule has 0 saturated carbocycles. The highest BCUT2D eigenvalue weighted by molar-refractivity contribution is 6.31. The molecule has 34 heavy (non-hydrogen) atoms. The van der Waals surface area contributed by atoms with Crippen LogP contribution in [0.5, 0.6) is 0 Å². The molecular weight excluding hydrogens is 473 g/mol. The Balaban J connectivity index is 1.66. The third kappa shape index (κ3) is 5.16. The number of aliphatic imine (C=N–C) groups is 1. The second kappa shape index (κ2) is 10.2. The second-order valence-electron chi connectivity index (χ2n) is 7.84. The minimum atomic E-state index is -1.07. The van der Waals surface area contributed by atoms with Crippen molar-refractivity contribution in [1.82, 2.24) is 4.90 Å². The summed E-state index contributed by atoms with van der Waals surface area (Å²) < 4.78 is 0. The molecule has 0 spiro atoms. The van der Waals surface area contributed by atoms with E-state index < -0.39 is 18.0 Å². The van der Waals surface area contributed by atoms with Crippen LogP contribution in [0.25, 0.3) is 0 Å². The first-order chi connectivity index (χ1) is 16.3. The van der Waals surface area contributed by atoms with E-state index in [4.69, 9.17) is 28.9 Å². The zero-order valence-corrected chi connectivity index (χ0v) is 19.9. The SMILES string of the molecule is CN1CCN=C1c1ccc(NC(=O)C(c2cccc(Cl)c2)N(C(N)=O)c2ccc(Cl)cc2)cc1. The number of amidine groups is 1. The Morgan fingerprint density at radius 1 is 1.03 bits per heavy atom. The van der Waals surface area contributed by atoms with Crippen molar-refractivity contribution < 1.29 is 9.59 Å². The molecule has 0 aliphatic carbocycles. The van der Waals surface area contributed by atoms with Gasteiger partial charge in [-0.15, -0.1) is 0 Å². The molecule has 0 saturated heterocycles. The summed E-state index contributed by atoms with van der Waals surface area (Å²) in [5.74, 6) is 0.469. The molecule has 3 amide bonds. The van der Waals surface area contributed by atoms with E-state index in [9.17, 15) is 9.59 Å². The third-order valence-electron chi connectivity index (χ3n) is 5.48.